The summed E-state index contributed by atoms with van der Waals surface area (Å²) in [6.45, 7) is 0.0130. The first-order valence-corrected chi connectivity index (χ1v) is 10.5. The SMILES string of the molecule is COc1ccc(C#Cc2cc3c(cc2C(=O)C(=O)c2ccc(OC)c(OC)c2)OCO3)cc1OC. The molecule has 1 aliphatic heterocycles. The smallest absolute Gasteiger partial charge is 0.234 e. The molecule has 0 saturated heterocycles. The number of hydrogen-bond acceptors (Lipinski definition) is 8. The number of carbonyl (C=O) groups is 2. The summed E-state index contributed by atoms with van der Waals surface area (Å²) in [7, 11) is 6.01. The van der Waals surface area contributed by atoms with Gasteiger partial charge >= 0.3 is 0 Å². The van der Waals surface area contributed by atoms with E-state index in [9.17, 15) is 9.59 Å². The fraction of sp³-hybridized carbons (Fsp3) is 0.185. The molecule has 1 heterocycles. The average molecular weight is 474 g/mol. The van der Waals surface area contributed by atoms with Gasteiger partial charge in [-0.05, 0) is 42.5 Å². The maximum Gasteiger partial charge on any atom is 0.234 e. The first-order chi connectivity index (χ1) is 17.0. The van der Waals surface area contributed by atoms with Crippen LogP contribution >= 0.6 is 0 Å². The molecular weight excluding hydrogens is 452 g/mol. The lowest BCUT2D eigenvalue weighted by atomic mass is 9.96. The quantitative estimate of drug-likeness (QED) is 0.289. The van der Waals surface area contributed by atoms with Crippen LogP contribution in [-0.4, -0.2) is 46.8 Å². The zero-order valence-electron chi connectivity index (χ0n) is 19.6. The van der Waals surface area contributed by atoms with Crippen LogP contribution in [0.15, 0.2) is 48.5 Å². The molecule has 8 nitrogen and oxygen atoms in total. The maximum absolute atomic E-state index is 13.3. The van der Waals surface area contributed by atoms with Gasteiger partial charge in [0.1, 0.15) is 0 Å². The van der Waals surface area contributed by atoms with Crippen LogP contribution in [0.5, 0.6) is 34.5 Å². The molecule has 0 N–H and O–H groups in total. The Kier molecular flexibility index (Phi) is 6.78. The fourth-order valence-electron chi connectivity index (χ4n) is 3.52. The van der Waals surface area contributed by atoms with Gasteiger partial charge in [-0.25, -0.2) is 0 Å². The van der Waals surface area contributed by atoms with Crippen LogP contribution in [0.1, 0.15) is 31.8 Å². The molecule has 0 saturated carbocycles. The third kappa shape index (κ3) is 4.70. The summed E-state index contributed by atoms with van der Waals surface area (Å²) in [4.78, 5) is 26.4. The van der Waals surface area contributed by atoms with Crippen LogP contribution in [0.4, 0.5) is 0 Å². The van der Waals surface area contributed by atoms with Gasteiger partial charge in [0.05, 0.1) is 28.4 Å². The minimum Gasteiger partial charge on any atom is -0.493 e. The molecule has 0 aliphatic carbocycles. The lowest BCUT2D eigenvalue weighted by molar-refractivity contribution is 0.0816. The Morgan fingerprint density at radius 1 is 0.686 bits per heavy atom. The number of carbonyl (C=O) groups excluding carboxylic acids is 2. The Hall–Kier alpha value is -4.64. The molecule has 0 atom stereocenters. The molecule has 0 aromatic heterocycles. The summed E-state index contributed by atoms with van der Waals surface area (Å²) in [5.74, 6) is 7.19. The van der Waals surface area contributed by atoms with Gasteiger partial charge in [-0.3, -0.25) is 9.59 Å². The van der Waals surface area contributed by atoms with Crippen LogP contribution < -0.4 is 28.4 Å². The second-order valence-electron chi connectivity index (χ2n) is 7.30. The molecule has 3 aromatic rings. The minimum absolute atomic E-state index is 0.0130. The average Bonchev–Trinajstić information content (AvgIpc) is 3.37. The van der Waals surface area contributed by atoms with E-state index in [2.05, 4.69) is 11.8 Å². The summed E-state index contributed by atoms with van der Waals surface area (Å²) in [5, 5.41) is 0. The highest BCUT2D eigenvalue weighted by Gasteiger charge is 2.26. The number of rotatable bonds is 7. The standard InChI is InChI=1S/C27H22O8/c1-30-20-9-6-16(11-22(20)32-3)5-7-17-12-24-25(35-15-34-24)14-19(17)27(29)26(28)18-8-10-21(31-2)23(13-18)33-4/h6,8-14H,15H2,1-4H3. The second kappa shape index (κ2) is 10.1. The van der Waals surface area contributed by atoms with Crippen molar-refractivity contribution >= 4 is 11.6 Å². The number of benzene rings is 3. The largest absolute Gasteiger partial charge is 0.493 e. The van der Waals surface area contributed by atoms with Crippen molar-refractivity contribution in [3.05, 3.63) is 70.8 Å². The normalized spacial score (nSPS) is 11.2. The second-order valence-corrected chi connectivity index (χ2v) is 7.30. The molecule has 0 radical (unpaired) electrons. The Bertz CT molecular complexity index is 1360. The number of ketones is 2. The molecule has 4 rings (SSSR count). The summed E-state index contributed by atoms with van der Waals surface area (Å²) < 4.78 is 31.9. The van der Waals surface area contributed by atoms with Gasteiger partial charge in [0, 0.05) is 28.3 Å². The van der Waals surface area contributed by atoms with Crippen LogP contribution in [-0.2, 0) is 0 Å². The van der Waals surface area contributed by atoms with E-state index < -0.39 is 11.6 Å². The third-order valence-corrected chi connectivity index (χ3v) is 5.33. The molecule has 0 amide bonds. The third-order valence-electron chi connectivity index (χ3n) is 5.33. The zero-order valence-corrected chi connectivity index (χ0v) is 19.6. The van der Waals surface area contributed by atoms with Crippen molar-refractivity contribution in [2.45, 2.75) is 0 Å². The lowest BCUT2D eigenvalue weighted by Crippen LogP contribution is -2.16. The predicted molar refractivity (Wildman–Crippen MR) is 126 cm³/mol. The van der Waals surface area contributed by atoms with Crippen molar-refractivity contribution in [3.63, 3.8) is 0 Å². The lowest BCUT2D eigenvalue weighted by Gasteiger charge is -2.10. The number of methoxy groups -OCH3 is 4. The Balaban J connectivity index is 1.73. The number of hydrogen-bond donors (Lipinski definition) is 0. The molecule has 8 heteroatoms. The van der Waals surface area contributed by atoms with Gasteiger partial charge in [-0.15, -0.1) is 0 Å². The highest BCUT2D eigenvalue weighted by atomic mass is 16.7. The Morgan fingerprint density at radius 3 is 1.94 bits per heavy atom. The molecule has 1 aliphatic rings. The first-order valence-electron chi connectivity index (χ1n) is 10.5. The topological polar surface area (TPSA) is 89.5 Å². The molecule has 0 fully saturated rings. The van der Waals surface area contributed by atoms with Crippen LogP contribution in [0.25, 0.3) is 0 Å². The van der Waals surface area contributed by atoms with Crippen molar-refractivity contribution in [3.8, 4) is 46.3 Å². The van der Waals surface area contributed by atoms with E-state index in [0.717, 1.165) is 0 Å². The van der Waals surface area contributed by atoms with Gasteiger partial charge in [0.15, 0.2) is 34.5 Å². The highest BCUT2D eigenvalue weighted by molar-refractivity contribution is 6.49. The molecular formula is C27H22O8. The van der Waals surface area contributed by atoms with E-state index >= 15 is 0 Å². The van der Waals surface area contributed by atoms with Gasteiger partial charge < -0.3 is 28.4 Å². The minimum atomic E-state index is -0.743. The van der Waals surface area contributed by atoms with Crippen LogP contribution in [0.3, 0.4) is 0 Å². The van der Waals surface area contributed by atoms with Gasteiger partial charge in [0.25, 0.3) is 0 Å². The molecule has 0 unspecified atom stereocenters. The molecule has 35 heavy (non-hydrogen) atoms. The number of Topliss-reactive ketones (excluding diaryl/α,β-unsaturated/α-hetero) is 2. The maximum atomic E-state index is 13.3. The van der Waals surface area contributed by atoms with E-state index in [1.807, 2.05) is 0 Å². The zero-order chi connectivity index (χ0) is 24.9. The van der Waals surface area contributed by atoms with Gasteiger partial charge in [-0.1, -0.05) is 11.8 Å². The van der Waals surface area contributed by atoms with Crippen molar-refractivity contribution < 1.29 is 38.0 Å². The van der Waals surface area contributed by atoms with E-state index in [1.165, 1.54) is 39.5 Å². The Morgan fingerprint density at radius 2 is 1.29 bits per heavy atom. The van der Waals surface area contributed by atoms with E-state index in [1.54, 1.807) is 37.4 Å². The molecule has 0 bridgehead atoms. The Labute approximate surface area is 202 Å². The van der Waals surface area contributed by atoms with Crippen molar-refractivity contribution in [1.29, 1.82) is 0 Å². The first kappa shape index (κ1) is 23.5. The van der Waals surface area contributed by atoms with E-state index in [-0.39, 0.29) is 17.9 Å². The molecule has 178 valence electrons. The summed E-state index contributed by atoms with van der Waals surface area (Å²) >= 11 is 0. The van der Waals surface area contributed by atoms with Crippen LogP contribution in [0, 0.1) is 11.8 Å². The summed E-state index contributed by atoms with van der Waals surface area (Å²) in [6.07, 6.45) is 0. The van der Waals surface area contributed by atoms with Crippen molar-refractivity contribution in [1.82, 2.24) is 0 Å². The molecule has 0 spiro atoms. The number of fused-ring (bicyclic) bond motifs is 1. The molecule has 3 aromatic carbocycles. The number of ether oxygens (including phenoxy) is 6. The monoisotopic (exact) mass is 474 g/mol. The van der Waals surface area contributed by atoms with E-state index in [4.69, 9.17) is 28.4 Å². The van der Waals surface area contributed by atoms with E-state index in [0.29, 0.717) is 45.6 Å². The van der Waals surface area contributed by atoms with Crippen LogP contribution in [0.2, 0.25) is 0 Å². The summed E-state index contributed by atoms with van der Waals surface area (Å²) in [6, 6.07) is 12.8. The highest BCUT2D eigenvalue weighted by Crippen LogP contribution is 2.36. The summed E-state index contributed by atoms with van der Waals surface area (Å²) in [5.41, 5.74) is 1.21. The van der Waals surface area contributed by atoms with Crippen molar-refractivity contribution in [2.75, 3.05) is 35.2 Å². The fourth-order valence-corrected chi connectivity index (χ4v) is 3.52. The van der Waals surface area contributed by atoms with Gasteiger partial charge in [0.2, 0.25) is 18.4 Å². The van der Waals surface area contributed by atoms with Gasteiger partial charge in [-0.2, -0.15) is 0 Å². The van der Waals surface area contributed by atoms with Crippen molar-refractivity contribution in [2.24, 2.45) is 0 Å². The predicted octanol–water partition coefficient (Wildman–Crippen LogP) is 3.92.